The molecule has 0 saturated carbocycles. The van der Waals surface area contributed by atoms with Gasteiger partial charge in [0.1, 0.15) is 11.0 Å². The summed E-state index contributed by atoms with van der Waals surface area (Å²) in [6.45, 7) is 3.03. The SMILES string of the molecule is Nc1nc(Cl)cc(N2CCN(c3nnnn3-c3ccccc3)CC2)n1. The molecule has 2 aromatic heterocycles. The van der Waals surface area contributed by atoms with E-state index in [-0.39, 0.29) is 5.95 Å². The molecule has 1 aliphatic heterocycles. The van der Waals surface area contributed by atoms with Crippen LogP contribution in [-0.2, 0) is 0 Å². The highest BCUT2D eigenvalue weighted by Gasteiger charge is 2.23. The van der Waals surface area contributed by atoms with Gasteiger partial charge in [-0.15, -0.1) is 0 Å². The van der Waals surface area contributed by atoms with Crippen molar-refractivity contribution in [3.05, 3.63) is 41.6 Å². The third-order valence-corrected chi connectivity index (χ3v) is 4.23. The van der Waals surface area contributed by atoms with E-state index < -0.39 is 0 Å². The summed E-state index contributed by atoms with van der Waals surface area (Å²) in [5, 5.41) is 12.5. The van der Waals surface area contributed by atoms with Crippen LogP contribution < -0.4 is 15.5 Å². The predicted octanol–water partition coefficient (Wildman–Crippen LogP) is 1.01. The fourth-order valence-corrected chi connectivity index (χ4v) is 3.02. The van der Waals surface area contributed by atoms with Crippen LogP contribution >= 0.6 is 11.6 Å². The molecule has 4 rings (SSSR count). The second-order valence-electron chi connectivity index (χ2n) is 5.61. The van der Waals surface area contributed by atoms with Crippen LogP contribution in [0.25, 0.3) is 5.69 Å². The molecule has 0 spiro atoms. The Labute approximate surface area is 149 Å². The summed E-state index contributed by atoms with van der Waals surface area (Å²) >= 11 is 5.97. The van der Waals surface area contributed by atoms with Gasteiger partial charge in [0.15, 0.2) is 0 Å². The number of tetrazole rings is 1. The molecule has 3 heterocycles. The maximum Gasteiger partial charge on any atom is 0.250 e. The Hall–Kier alpha value is -2.94. The smallest absolute Gasteiger partial charge is 0.250 e. The van der Waals surface area contributed by atoms with Gasteiger partial charge in [0, 0.05) is 32.2 Å². The van der Waals surface area contributed by atoms with Crippen molar-refractivity contribution in [2.75, 3.05) is 41.7 Å². The quantitative estimate of drug-likeness (QED) is 0.693. The number of nitrogens with zero attached hydrogens (tertiary/aromatic N) is 8. The van der Waals surface area contributed by atoms with E-state index >= 15 is 0 Å². The number of nitrogens with two attached hydrogens (primary N) is 1. The number of rotatable bonds is 3. The Bertz CT molecular complexity index is 838. The molecule has 0 atom stereocenters. The van der Waals surface area contributed by atoms with Gasteiger partial charge in [-0.3, -0.25) is 0 Å². The molecule has 10 heteroatoms. The van der Waals surface area contributed by atoms with Gasteiger partial charge in [0.25, 0.3) is 0 Å². The van der Waals surface area contributed by atoms with Gasteiger partial charge in [-0.1, -0.05) is 34.9 Å². The molecule has 128 valence electrons. The molecule has 1 aliphatic rings. The van der Waals surface area contributed by atoms with Crippen LogP contribution in [0.3, 0.4) is 0 Å². The van der Waals surface area contributed by atoms with E-state index in [1.54, 1.807) is 10.7 Å². The average molecular weight is 358 g/mol. The molecule has 0 aliphatic carbocycles. The van der Waals surface area contributed by atoms with Crippen molar-refractivity contribution in [2.24, 2.45) is 0 Å². The Morgan fingerprint density at radius 2 is 1.68 bits per heavy atom. The zero-order valence-corrected chi connectivity index (χ0v) is 14.1. The van der Waals surface area contributed by atoms with E-state index in [1.165, 1.54) is 0 Å². The van der Waals surface area contributed by atoms with Gasteiger partial charge in [-0.05, 0) is 22.6 Å². The molecule has 9 nitrogen and oxygen atoms in total. The number of halogens is 1. The molecule has 3 aromatic rings. The van der Waals surface area contributed by atoms with Crippen LogP contribution in [0.1, 0.15) is 0 Å². The van der Waals surface area contributed by atoms with Gasteiger partial charge in [-0.25, -0.2) is 4.98 Å². The Morgan fingerprint density at radius 1 is 0.960 bits per heavy atom. The lowest BCUT2D eigenvalue weighted by Gasteiger charge is -2.35. The summed E-state index contributed by atoms with van der Waals surface area (Å²) in [6, 6.07) is 11.6. The Kier molecular flexibility index (Phi) is 4.06. The molecule has 0 amide bonds. The first-order valence-corrected chi connectivity index (χ1v) is 8.22. The second-order valence-corrected chi connectivity index (χ2v) is 5.99. The molecule has 25 heavy (non-hydrogen) atoms. The number of para-hydroxylation sites is 1. The highest BCUT2D eigenvalue weighted by Crippen LogP contribution is 2.21. The minimum absolute atomic E-state index is 0.179. The van der Waals surface area contributed by atoms with Crippen LogP contribution in [0.2, 0.25) is 5.15 Å². The summed E-state index contributed by atoms with van der Waals surface area (Å²) in [7, 11) is 0. The van der Waals surface area contributed by atoms with Crippen LogP contribution in [0.4, 0.5) is 17.7 Å². The van der Waals surface area contributed by atoms with Crippen molar-refractivity contribution < 1.29 is 0 Å². The Balaban J connectivity index is 1.51. The molecule has 0 bridgehead atoms. The highest BCUT2D eigenvalue weighted by molar-refractivity contribution is 6.29. The van der Waals surface area contributed by atoms with Crippen molar-refractivity contribution in [1.29, 1.82) is 0 Å². The monoisotopic (exact) mass is 357 g/mol. The number of hydrogen-bond donors (Lipinski definition) is 1. The summed E-state index contributed by atoms with van der Waals surface area (Å²) in [5.74, 6) is 1.64. The van der Waals surface area contributed by atoms with Crippen molar-refractivity contribution in [2.45, 2.75) is 0 Å². The number of piperazine rings is 1. The number of benzene rings is 1. The standard InChI is InChI=1S/C15H16ClN9/c16-12-10-13(19-14(17)18-12)23-6-8-24(9-7-23)15-20-21-22-25(15)11-4-2-1-3-5-11/h1-5,10H,6-9H2,(H2,17,18,19). The van der Waals surface area contributed by atoms with Gasteiger partial charge in [0.2, 0.25) is 11.9 Å². The first-order valence-electron chi connectivity index (χ1n) is 7.84. The molecule has 1 saturated heterocycles. The van der Waals surface area contributed by atoms with Gasteiger partial charge >= 0.3 is 0 Å². The van der Waals surface area contributed by atoms with Crippen LogP contribution in [-0.4, -0.2) is 56.4 Å². The van der Waals surface area contributed by atoms with Crippen LogP contribution in [0.5, 0.6) is 0 Å². The predicted molar refractivity (Wildman–Crippen MR) is 95.0 cm³/mol. The van der Waals surface area contributed by atoms with Gasteiger partial charge in [0.05, 0.1) is 5.69 Å². The topological polar surface area (TPSA) is 102 Å². The number of aromatic nitrogens is 6. The molecular weight excluding hydrogens is 342 g/mol. The van der Waals surface area contributed by atoms with Crippen molar-refractivity contribution in [3.8, 4) is 5.69 Å². The van der Waals surface area contributed by atoms with Crippen molar-refractivity contribution in [1.82, 2.24) is 30.2 Å². The molecule has 0 unspecified atom stereocenters. The minimum Gasteiger partial charge on any atom is -0.368 e. The largest absolute Gasteiger partial charge is 0.368 e. The number of nitrogen functional groups attached to an aromatic ring is 1. The maximum absolute atomic E-state index is 5.97. The van der Waals surface area contributed by atoms with Gasteiger partial charge in [-0.2, -0.15) is 9.67 Å². The summed E-state index contributed by atoms with van der Waals surface area (Å²) in [6.07, 6.45) is 0. The zero-order chi connectivity index (χ0) is 17.2. The molecule has 0 radical (unpaired) electrons. The lowest BCUT2D eigenvalue weighted by atomic mass is 10.3. The number of anilines is 3. The summed E-state index contributed by atoms with van der Waals surface area (Å²) in [5.41, 5.74) is 6.61. The van der Waals surface area contributed by atoms with E-state index in [0.717, 1.165) is 43.6 Å². The lowest BCUT2D eigenvalue weighted by molar-refractivity contribution is 0.626. The van der Waals surface area contributed by atoms with Crippen LogP contribution in [0, 0.1) is 0 Å². The zero-order valence-electron chi connectivity index (χ0n) is 13.3. The van der Waals surface area contributed by atoms with Gasteiger partial charge < -0.3 is 15.5 Å². The van der Waals surface area contributed by atoms with Crippen LogP contribution in [0.15, 0.2) is 36.4 Å². The molecule has 1 aromatic carbocycles. The molecular formula is C15H16ClN9. The van der Waals surface area contributed by atoms with E-state index in [4.69, 9.17) is 17.3 Å². The highest BCUT2D eigenvalue weighted by atomic mass is 35.5. The second kappa shape index (κ2) is 6.52. The first kappa shape index (κ1) is 15.6. The number of hydrogen-bond acceptors (Lipinski definition) is 8. The van der Waals surface area contributed by atoms with E-state index in [9.17, 15) is 0 Å². The fraction of sp³-hybridized carbons (Fsp3) is 0.267. The Morgan fingerprint density at radius 3 is 2.40 bits per heavy atom. The summed E-state index contributed by atoms with van der Waals surface area (Å²) in [4.78, 5) is 12.4. The maximum atomic E-state index is 5.97. The molecule has 1 fully saturated rings. The van der Waals surface area contributed by atoms with E-state index in [2.05, 4.69) is 35.3 Å². The van der Waals surface area contributed by atoms with Crippen molar-refractivity contribution in [3.63, 3.8) is 0 Å². The normalized spacial score (nSPS) is 14.8. The van der Waals surface area contributed by atoms with E-state index in [1.807, 2.05) is 30.3 Å². The third kappa shape index (κ3) is 3.18. The van der Waals surface area contributed by atoms with Crippen molar-refractivity contribution >= 4 is 29.3 Å². The van der Waals surface area contributed by atoms with E-state index in [0.29, 0.717) is 5.15 Å². The third-order valence-electron chi connectivity index (χ3n) is 4.04. The fourth-order valence-electron chi connectivity index (χ4n) is 2.84. The molecule has 2 N–H and O–H groups in total. The lowest BCUT2D eigenvalue weighted by Crippen LogP contribution is -2.47. The minimum atomic E-state index is 0.179. The first-order chi connectivity index (χ1) is 12.2. The summed E-state index contributed by atoms with van der Waals surface area (Å²) < 4.78 is 1.75. The average Bonchev–Trinajstić information content (AvgIpc) is 3.11.